The minimum absolute atomic E-state index is 0.132. The maximum atomic E-state index is 5.49. The molecule has 19 heavy (non-hydrogen) atoms. The zero-order valence-electron chi connectivity index (χ0n) is 11.7. The van der Waals surface area contributed by atoms with Crippen LogP contribution < -0.4 is 14.8 Å². The fraction of sp³-hybridized carbons (Fsp3) is 0.333. The van der Waals surface area contributed by atoms with Crippen molar-refractivity contribution in [1.82, 2.24) is 5.32 Å². The molecular formula is C15H19NO2S. The van der Waals surface area contributed by atoms with Gasteiger partial charge in [0.1, 0.15) is 11.5 Å². The lowest BCUT2D eigenvalue weighted by Crippen LogP contribution is -2.18. The van der Waals surface area contributed by atoms with Crippen LogP contribution in [-0.2, 0) is 0 Å². The Kier molecular flexibility index (Phi) is 4.45. The Morgan fingerprint density at radius 2 is 1.89 bits per heavy atom. The van der Waals surface area contributed by atoms with Gasteiger partial charge in [0.25, 0.3) is 0 Å². The zero-order valence-corrected chi connectivity index (χ0v) is 12.5. The second kappa shape index (κ2) is 6.08. The van der Waals surface area contributed by atoms with Gasteiger partial charge in [0.05, 0.1) is 20.3 Å². The van der Waals surface area contributed by atoms with Gasteiger partial charge >= 0.3 is 0 Å². The highest BCUT2D eigenvalue weighted by molar-refractivity contribution is 7.10. The van der Waals surface area contributed by atoms with Crippen molar-refractivity contribution >= 4 is 11.3 Å². The number of benzene rings is 1. The van der Waals surface area contributed by atoms with Gasteiger partial charge in [0.15, 0.2) is 0 Å². The molecule has 0 saturated heterocycles. The Morgan fingerprint density at radius 1 is 1.11 bits per heavy atom. The van der Waals surface area contributed by atoms with Crippen molar-refractivity contribution in [3.05, 3.63) is 45.6 Å². The summed E-state index contributed by atoms with van der Waals surface area (Å²) >= 11 is 1.76. The normalized spacial score (nSPS) is 12.2. The molecule has 0 aliphatic rings. The first kappa shape index (κ1) is 13.9. The third-order valence-electron chi connectivity index (χ3n) is 3.25. The van der Waals surface area contributed by atoms with Gasteiger partial charge in [-0.25, -0.2) is 0 Å². The molecule has 3 nitrogen and oxygen atoms in total. The molecule has 1 aromatic carbocycles. The van der Waals surface area contributed by atoms with E-state index >= 15 is 0 Å². The van der Waals surface area contributed by atoms with Crippen molar-refractivity contribution in [3.8, 4) is 11.5 Å². The van der Waals surface area contributed by atoms with E-state index in [1.165, 1.54) is 10.4 Å². The molecule has 1 N–H and O–H groups in total. The van der Waals surface area contributed by atoms with Crippen molar-refractivity contribution in [3.63, 3.8) is 0 Å². The predicted octanol–water partition coefficient (Wildman–Crippen LogP) is 3.38. The molecule has 2 aromatic rings. The highest BCUT2D eigenvalue weighted by Gasteiger charge is 2.19. The summed E-state index contributed by atoms with van der Waals surface area (Å²) in [6, 6.07) is 8.22. The first-order chi connectivity index (χ1) is 9.21. The summed E-state index contributed by atoms with van der Waals surface area (Å²) in [6.07, 6.45) is 0. The largest absolute Gasteiger partial charge is 0.497 e. The average molecular weight is 277 g/mol. The summed E-state index contributed by atoms with van der Waals surface area (Å²) in [6.45, 7) is 2.14. The predicted molar refractivity (Wildman–Crippen MR) is 79.5 cm³/mol. The van der Waals surface area contributed by atoms with E-state index in [4.69, 9.17) is 9.47 Å². The second-order valence-electron chi connectivity index (χ2n) is 4.26. The quantitative estimate of drug-likeness (QED) is 0.909. The highest BCUT2D eigenvalue weighted by Crippen LogP contribution is 2.35. The van der Waals surface area contributed by atoms with Crippen LogP contribution in [0.3, 0.4) is 0 Å². The second-order valence-corrected chi connectivity index (χ2v) is 5.38. The van der Waals surface area contributed by atoms with E-state index in [2.05, 4.69) is 29.8 Å². The number of aryl methyl sites for hydroxylation is 1. The van der Waals surface area contributed by atoms with Gasteiger partial charge in [-0.05, 0) is 43.1 Å². The lowest BCUT2D eigenvalue weighted by Gasteiger charge is -2.20. The van der Waals surface area contributed by atoms with Gasteiger partial charge in [-0.1, -0.05) is 0 Å². The molecule has 0 radical (unpaired) electrons. The van der Waals surface area contributed by atoms with E-state index in [1.807, 2.05) is 19.2 Å². The SMILES string of the molecule is CNC(c1ccc(OC)cc1OC)c1ccsc1C. The average Bonchev–Trinajstić information content (AvgIpc) is 2.86. The van der Waals surface area contributed by atoms with E-state index < -0.39 is 0 Å². The summed E-state index contributed by atoms with van der Waals surface area (Å²) < 4.78 is 10.7. The molecule has 0 amide bonds. The first-order valence-corrected chi connectivity index (χ1v) is 7.02. The van der Waals surface area contributed by atoms with E-state index in [0.717, 1.165) is 17.1 Å². The Morgan fingerprint density at radius 3 is 2.42 bits per heavy atom. The van der Waals surface area contributed by atoms with E-state index in [9.17, 15) is 0 Å². The van der Waals surface area contributed by atoms with E-state index in [0.29, 0.717) is 0 Å². The van der Waals surface area contributed by atoms with Crippen molar-refractivity contribution in [2.45, 2.75) is 13.0 Å². The minimum Gasteiger partial charge on any atom is -0.497 e. The molecule has 0 saturated carbocycles. The molecular weight excluding hydrogens is 258 g/mol. The smallest absolute Gasteiger partial charge is 0.127 e. The Hall–Kier alpha value is -1.52. The summed E-state index contributed by atoms with van der Waals surface area (Å²) in [4.78, 5) is 1.32. The lowest BCUT2D eigenvalue weighted by molar-refractivity contribution is 0.388. The number of methoxy groups -OCH3 is 2. The van der Waals surface area contributed by atoms with Gasteiger partial charge in [0.2, 0.25) is 0 Å². The fourth-order valence-corrected chi connectivity index (χ4v) is 2.97. The third kappa shape index (κ3) is 2.74. The monoisotopic (exact) mass is 277 g/mol. The van der Waals surface area contributed by atoms with Crippen molar-refractivity contribution in [2.24, 2.45) is 0 Å². The van der Waals surface area contributed by atoms with Gasteiger partial charge < -0.3 is 14.8 Å². The first-order valence-electron chi connectivity index (χ1n) is 6.14. The maximum absolute atomic E-state index is 5.49. The number of rotatable bonds is 5. The Labute approximate surface area is 118 Å². The molecule has 1 atom stereocenters. The van der Waals surface area contributed by atoms with Crippen LogP contribution in [0, 0.1) is 6.92 Å². The van der Waals surface area contributed by atoms with Gasteiger partial charge in [0, 0.05) is 16.5 Å². The van der Waals surface area contributed by atoms with Gasteiger partial charge in [-0.15, -0.1) is 11.3 Å². The molecule has 1 unspecified atom stereocenters. The van der Waals surface area contributed by atoms with Gasteiger partial charge in [-0.3, -0.25) is 0 Å². The van der Waals surface area contributed by atoms with Crippen molar-refractivity contribution in [2.75, 3.05) is 21.3 Å². The summed E-state index contributed by atoms with van der Waals surface area (Å²) in [5.74, 6) is 1.64. The fourth-order valence-electron chi connectivity index (χ4n) is 2.23. The minimum atomic E-state index is 0.132. The Balaban J connectivity index is 2.46. The molecule has 102 valence electrons. The number of hydrogen-bond acceptors (Lipinski definition) is 4. The summed E-state index contributed by atoms with van der Waals surface area (Å²) in [5, 5.41) is 5.48. The molecule has 4 heteroatoms. The van der Waals surface area contributed by atoms with Crippen LogP contribution in [0.25, 0.3) is 0 Å². The molecule has 0 aliphatic heterocycles. The molecule has 0 aliphatic carbocycles. The molecule has 0 fully saturated rings. The number of nitrogens with one attached hydrogen (secondary N) is 1. The third-order valence-corrected chi connectivity index (χ3v) is 4.11. The molecule has 0 bridgehead atoms. The van der Waals surface area contributed by atoms with Crippen LogP contribution >= 0.6 is 11.3 Å². The van der Waals surface area contributed by atoms with Crippen molar-refractivity contribution in [1.29, 1.82) is 0 Å². The van der Waals surface area contributed by atoms with Crippen molar-refractivity contribution < 1.29 is 9.47 Å². The van der Waals surface area contributed by atoms with Crippen LogP contribution in [0.5, 0.6) is 11.5 Å². The lowest BCUT2D eigenvalue weighted by atomic mass is 9.98. The van der Waals surface area contributed by atoms with Crippen LogP contribution in [0.4, 0.5) is 0 Å². The maximum Gasteiger partial charge on any atom is 0.127 e. The molecule has 1 aromatic heterocycles. The summed E-state index contributed by atoms with van der Waals surface area (Å²) in [7, 11) is 5.31. The number of thiophene rings is 1. The summed E-state index contributed by atoms with van der Waals surface area (Å²) in [5.41, 5.74) is 2.41. The van der Waals surface area contributed by atoms with Crippen LogP contribution in [0.15, 0.2) is 29.6 Å². The van der Waals surface area contributed by atoms with Crippen LogP contribution in [-0.4, -0.2) is 21.3 Å². The molecule has 1 heterocycles. The van der Waals surface area contributed by atoms with Crippen LogP contribution in [0.2, 0.25) is 0 Å². The molecule has 2 rings (SSSR count). The highest BCUT2D eigenvalue weighted by atomic mass is 32.1. The zero-order chi connectivity index (χ0) is 13.8. The standard InChI is InChI=1S/C15H19NO2S/c1-10-12(7-8-19-10)15(16-2)13-6-5-11(17-3)9-14(13)18-4/h5-9,15-16H,1-4H3. The van der Waals surface area contributed by atoms with Gasteiger partial charge in [-0.2, -0.15) is 0 Å². The van der Waals surface area contributed by atoms with E-state index in [1.54, 1.807) is 25.6 Å². The van der Waals surface area contributed by atoms with Crippen LogP contribution in [0.1, 0.15) is 22.0 Å². The number of ether oxygens (including phenoxy) is 2. The topological polar surface area (TPSA) is 30.5 Å². The Bertz CT molecular complexity index is 551. The van der Waals surface area contributed by atoms with E-state index in [-0.39, 0.29) is 6.04 Å². The number of hydrogen-bond donors (Lipinski definition) is 1. The molecule has 0 spiro atoms.